The van der Waals surface area contributed by atoms with Gasteiger partial charge in [-0.2, -0.15) is 0 Å². The van der Waals surface area contributed by atoms with Gasteiger partial charge >= 0.3 is 0 Å². The topological polar surface area (TPSA) is 124 Å². The number of halogens is 1. The Labute approximate surface area is 114 Å². The van der Waals surface area contributed by atoms with Crippen LogP contribution in [-0.2, 0) is 14.8 Å². The number of hydrogen-bond donors (Lipinski definition) is 1. The van der Waals surface area contributed by atoms with Crippen molar-refractivity contribution in [3.8, 4) is 0 Å². The molecule has 1 aromatic carbocycles. The van der Waals surface area contributed by atoms with Gasteiger partial charge in [0.05, 0.1) is 21.9 Å². The standard InChI is InChI=1S/C9H10ClN3O5S/c1-19(17,18)12(5-9(11)14)8-4-6(13(15)16)2-3-7(8)10/h2-4H,5H2,1H3,(H2,11,14). The Hall–Kier alpha value is -1.87. The van der Waals surface area contributed by atoms with E-state index in [0.717, 1.165) is 18.4 Å². The maximum atomic E-state index is 11.6. The number of non-ortho nitro benzene ring substituents is 1. The Kier molecular flexibility index (Phi) is 4.32. The number of nitrogens with two attached hydrogens (primary N) is 1. The van der Waals surface area contributed by atoms with Gasteiger partial charge in [-0.05, 0) is 6.07 Å². The predicted molar refractivity (Wildman–Crippen MR) is 69.5 cm³/mol. The lowest BCUT2D eigenvalue weighted by atomic mass is 10.3. The number of nitro groups is 1. The van der Waals surface area contributed by atoms with Crippen LogP contribution in [0.3, 0.4) is 0 Å². The second-order valence-corrected chi connectivity index (χ2v) is 5.94. The van der Waals surface area contributed by atoms with Crippen molar-refractivity contribution in [3.05, 3.63) is 33.3 Å². The van der Waals surface area contributed by atoms with Crippen molar-refractivity contribution in [2.45, 2.75) is 0 Å². The molecule has 0 saturated heterocycles. The Bertz CT molecular complexity index is 631. The van der Waals surface area contributed by atoms with Crippen LogP contribution in [-0.4, -0.2) is 32.0 Å². The van der Waals surface area contributed by atoms with Crippen LogP contribution >= 0.6 is 11.6 Å². The molecule has 0 aromatic heterocycles. The lowest BCUT2D eigenvalue weighted by Crippen LogP contribution is -2.38. The van der Waals surface area contributed by atoms with Crippen LogP contribution in [0.1, 0.15) is 0 Å². The van der Waals surface area contributed by atoms with Crippen LogP contribution < -0.4 is 10.0 Å². The first-order chi connectivity index (χ1) is 8.62. The maximum Gasteiger partial charge on any atom is 0.271 e. The largest absolute Gasteiger partial charge is 0.368 e. The number of carbonyl (C=O) groups excluding carboxylic acids is 1. The van der Waals surface area contributed by atoms with Crippen molar-refractivity contribution < 1.29 is 18.1 Å². The molecule has 19 heavy (non-hydrogen) atoms. The zero-order chi connectivity index (χ0) is 14.8. The number of nitrogens with zero attached hydrogens (tertiary/aromatic N) is 2. The predicted octanol–water partition coefficient (Wildman–Crippen LogP) is 0.500. The molecule has 1 aromatic rings. The maximum absolute atomic E-state index is 11.6. The van der Waals surface area contributed by atoms with Crippen molar-refractivity contribution in [1.82, 2.24) is 0 Å². The fourth-order valence-corrected chi connectivity index (χ4v) is 2.47. The van der Waals surface area contributed by atoms with E-state index < -0.39 is 27.4 Å². The highest BCUT2D eigenvalue weighted by molar-refractivity contribution is 7.92. The van der Waals surface area contributed by atoms with Gasteiger partial charge in [-0.3, -0.25) is 19.2 Å². The SMILES string of the molecule is CS(=O)(=O)N(CC(N)=O)c1cc([N+](=O)[O-])ccc1Cl. The molecule has 2 N–H and O–H groups in total. The Balaban J connectivity index is 3.41. The number of sulfonamides is 1. The van der Waals surface area contributed by atoms with Gasteiger partial charge in [0, 0.05) is 12.1 Å². The molecule has 1 amide bonds. The fourth-order valence-electron chi connectivity index (χ4n) is 1.33. The van der Waals surface area contributed by atoms with E-state index in [0.29, 0.717) is 4.31 Å². The molecule has 0 heterocycles. The number of carbonyl (C=O) groups is 1. The zero-order valence-electron chi connectivity index (χ0n) is 9.74. The van der Waals surface area contributed by atoms with Crippen LogP contribution in [0.4, 0.5) is 11.4 Å². The second-order valence-electron chi connectivity index (χ2n) is 3.63. The van der Waals surface area contributed by atoms with E-state index in [-0.39, 0.29) is 16.4 Å². The molecule has 0 fully saturated rings. The molecule has 8 nitrogen and oxygen atoms in total. The first kappa shape index (κ1) is 15.2. The van der Waals surface area contributed by atoms with E-state index in [1.54, 1.807) is 0 Å². The molecule has 0 aliphatic carbocycles. The molecule has 0 aliphatic heterocycles. The Morgan fingerprint density at radius 3 is 2.53 bits per heavy atom. The summed E-state index contributed by atoms with van der Waals surface area (Å²) in [5, 5.41) is 10.6. The summed E-state index contributed by atoms with van der Waals surface area (Å²) in [5.74, 6) is -0.909. The summed E-state index contributed by atoms with van der Waals surface area (Å²) in [4.78, 5) is 20.9. The molecular weight excluding hydrogens is 298 g/mol. The summed E-state index contributed by atoms with van der Waals surface area (Å²) in [5.41, 5.74) is 4.43. The van der Waals surface area contributed by atoms with E-state index in [9.17, 15) is 23.3 Å². The van der Waals surface area contributed by atoms with Gasteiger partial charge in [0.15, 0.2) is 0 Å². The first-order valence-electron chi connectivity index (χ1n) is 4.83. The van der Waals surface area contributed by atoms with E-state index >= 15 is 0 Å². The minimum Gasteiger partial charge on any atom is -0.368 e. The molecular formula is C9H10ClN3O5S. The molecule has 0 radical (unpaired) electrons. The van der Waals surface area contributed by atoms with Gasteiger partial charge in [0.25, 0.3) is 5.69 Å². The average molecular weight is 308 g/mol. The van der Waals surface area contributed by atoms with Crippen molar-refractivity contribution in [2.24, 2.45) is 5.73 Å². The van der Waals surface area contributed by atoms with Crippen LogP contribution in [0, 0.1) is 10.1 Å². The van der Waals surface area contributed by atoms with Gasteiger partial charge in [-0.15, -0.1) is 0 Å². The third-order valence-corrected chi connectivity index (χ3v) is 3.56. The lowest BCUT2D eigenvalue weighted by Gasteiger charge is -2.21. The van der Waals surface area contributed by atoms with E-state index in [4.69, 9.17) is 17.3 Å². The Morgan fingerprint density at radius 2 is 2.11 bits per heavy atom. The molecule has 10 heteroatoms. The molecule has 0 unspecified atom stereocenters. The van der Waals surface area contributed by atoms with Crippen LogP contribution in [0.2, 0.25) is 5.02 Å². The van der Waals surface area contributed by atoms with Crippen molar-refractivity contribution in [1.29, 1.82) is 0 Å². The van der Waals surface area contributed by atoms with Crippen LogP contribution in [0.25, 0.3) is 0 Å². The van der Waals surface area contributed by atoms with Crippen molar-refractivity contribution >= 4 is 38.9 Å². The highest BCUT2D eigenvalue weighted by atomic mass is 35.5. The average Bonchev–Trinajstić information content (AvgIpc) is 2.25. The van der Waals surface area contributed by atoms with Gasteiger partial charge in [0.2, 0.25) is 15.9 Å². The number of amides is 1. The zero-order valence-corrected chi connectivity index (χ0v) is 11.3. The van der Waals surface area contributed by atoms with E-state index in [1.165, 1.54) is 6.07 Å². The quantitative estimate of drug-likeness (QED) is 0.626. The first-order valence-corrected chi connectivity index (χ1v) is 7.05. The fraction of sp³-hybridized carbons (Fsp3) is 0.222. The molecule has 0 bridgehead atoms. The third kappa shape index (κ3) is 3.80. The normalized spacial score (nSPS) is 11.1. The van der Waals surface area contributed by atoms with Gasteiger partial charge in [-0.25, -0.2) is 8.42 Å². The number of primary amides is 1. The second kappa shape index (κ2) is 5.41. The summed E-state index contributed by atoms with van der Waals surface area (Å²) < 4.78 is 23.8. The summed E-state index contributed by atoms with van der Waals surface area (Å²) in [7, 11) is -3.85. The number of anilines is 1. The molecule has 0 atom stereocenters. The monoisotopic (exact) mass is 307 g/mol. The van der Waals surface area contributed by atoms with Crippen LogP contribution in [0.5, 0.6) is 0 Å². The summed E-state index contributed by atoms with van der Waals surface area (Å²) in [6.07, 6.45) is 0.838. The number of hydrogen-bond acceptors (Lipinski definition) is 5. The number of nitro benzene ring substituents is 1. The molecule has 0 aliphatic rings. The minimum absolute atomic E-state index is 0.0442. The number of rotatable bonds is 5. The summed E-state index contributed by atoms with van der Waals surface area (Å²) in [6, 6.07) is 3.26. The molecule has 1 rings (SSSR count). The van der Waals surface area contributed by atoms with Gasteiger partial charge < -0.3 is 5.73 Å². The highest BCUT2D eigenvalue weighted by Crippen LogP contribution is 2.31. The highest BCUT2D eigenvalue weighted by Gasteiger charge is 2.24. The lowest BCUT2D eigenvalue weighted by molar-refractivity contribution is -0.384. The molecule has 0 saturated carbocycles. The number of benzene rings is 1. The van der Waals surface area contributed by atoms with Crippen LogP contribution in [0.15, 0.2) is 18.2 Å². The van der Waals surface area contributed by atoms with Crippen molar-refractivity contribution in [2.75, 3.05) is 17.1 Å². The third-order valence-electron chi connectivity index (χ3n) is 2.11. The smallest absolute Gasteiger partial charge is 0.271 e. The Morgan fingerprint density at radius 1 is 1.53 bits per heavy atom. The molecule has 104 valence electrons. The van der Waals surface area contributed by atoms with Gasteiger partial charge in [-0.1, -0.05) is 11.6 Å². The minimum atomic E-state index is -3.85. The van der Waals surface area contributed by atoms with Gasteiger partial charge in [0.1, 0.15) is 6.54 Å². The van der Waals surface area contributed by atoms with Crippen molar-refractivity contribution in [3.63, 3.8) is 0 Å². The summed E-state index contributed by atoms with van der Waals surface area (Å²) in [6.45, 7) is -0.653. The van der Waals surface area contributed by atoms with E-state index in [1.807, 2.05) is 0 Å². The summed E-state index contributed by atoms with van der Waals surface area (Å²) >= 11 is 5.80. The molecule has 0 spiro atoms. The van der Waals surface area contributed by atoms with E-state index in [2.05, 4.69) is 0 Å².